The molecule has 0 amide bonds. The number of imidazole rings is 1. The van der Waals surface area contributed by atoms with Crippen LogP contribution in [-0.2, 0) is 7.05 Å². The molecule has 1 heterocycles. The van der Waals surface area contributed by atoms with Gasteiger partial charge in [-0.05, 0) is 38.2 Å². The second kappa shape index (κ2) is 5.41. The van der Waals surface area contributed by atoms with Gasteiger partial charge in [0.05, 0.1) is 35.4 Å². The minimum Gasteiger partial charge on any atom is -0.334 e. The molecule has 0 aliphatic heterocycles. The quantitative estimate of drug-likeness (QED) is 0.845. The third-order valence-electron chi connectivity index (χ3n) is 3.63. The first-order valence-corrected chi connectivity index (χ1v) is 6.55. The van der Waals surface area contributed by atoms with Crippen LogP contribution in [0.3, 0.4) is 0 Å². The van der Waals surface area contributed by atoms with Gasteiger partial charge in [0.25, 0.3) is 0 Å². The van der Waals surface area contributed by atoms with Gasteiger partial charge in [0.2, 0.25) is 0 Å². The minimum absolute atomic E-state index is 0.00355. The summed E-state index contributed by atoms with van der Waals surface area (Å²) in [4.78, 5) is 6.51. The molecule has 2 rings (SSSR count). The second-order valence-electron chi connectivity index (χ2n) is 5.16. The van der Waals surface area contributed by atoms with E-state index in [4.69, 9.17) is 0 Å². The summed E-state index contributed by atoms with van der Waals surface area (Å²) in [7, 11) is 6.03. The predicted octanol–water partition coefficient (Wildman–Crippen LogP) is 2.73. The molecule has 2 atom stereocenters. The summed E-state index contributed by atoms with van der Waals surface area (Å²) in [5, 5.41) is 9.33. The number of hydrogen-bond donors (Lipinski definition) is 0. The smallest absolute Gasteiger partial charge is 0.0955 e. The van der Waals surface area contributed by atoms with Gasteiger partial charge in [-0.1, -0.05) is 13.0 Å². The van der Waals surface area contributed by atoms with E-state index in [2.05, 4.69) is 41.1 Å². The number of nitrogens with zero attached hydrogens (tertiary/aromatic N) is 4. The standard InChI is InChI=1S/C15H20N4/c1-5-11(9-16)15(18(2)3)12-6-7-14-13(8-12)17-10-19(14)4/h6-8,10-11,15H,5H2,1-4H3. The van der Waals surface area contributed by atoms with E-state index in [0.29, 0.717) is 0 Å². The lowest BCUT2D eigenvalue weighted by Gasteiger charge is -2.28. The van der Waals surface area contributed by atoms with Crippen LogP contribution in [0.15, 0.2) is 24.5 Å². The molecule has 2 aromatic rings. The van der Waals surface area contributed by atoms with Gasteiger partial charge in [-0.3, -0.25) is 0 Å². The highest BCUT2D eigenvalue weighted by Crippen LogP contribution is 2.30. The lowest BCUT2D eigenvalue weighted by molar-refractivity contribution is 0.241. The van der Waals surface area contributed by atoms with Crippen molar-refractivity contribution in [2.24, 2.45) is 13.0 Å². The fraction of sp³-hybridized carbons (Fsp3) is 0.467. The molecule has 0 radical (unpaired) electrons. The van der Waals surface area contributed by atoms with Crippen molar-refractivity contribution >= 4 is 11.0 Å². The summed E-state index contributed by atoms with van der Waals surface area (Å²) in [6, 6.07) is 8.81. The fourth-order valence-electron chi connectivity index (χ4n) is 2.61. The first kappa shape index (κ1) is 13.6. The maximum Gasteiger partial charge on any atom is 0.0955 e. The van der Waals surface area contributed by atoms with Gasteiger partial charge in [0.1, 0.15) is 0 Å². The first-order chi connectivity index (χ1) is 9.08. The lowest BCUT2D eigenvalue weighted by Crippen LogP contribution is -2.26. The Labute approximate surface area is 114 Å². The summed E-state index contributed by atoms with van der Waals surface area (Å²) < 4.78 is 2.01. The normalized spacial score (nSPS) is 14.5. The monoisotopic (exact) mass is 256 g/mol. The molecule has 0 bridgehead atoms. The Morgan fingerprint density at radius 3 is 2.74 bits per heavy atom. The average molecular weight is 256 g/mol. The Morgan fingerprint density at radius 2 is 2.16 bits per heavy atom. The van der Waals surface area contributed by atoms with E-state index in [0.717, 1.165) is 23.0 Å². The van der Waals surface area contributed by atoms with Crippen LogP contribution in [-0.4, -0.2) is 28.5 Å². The maximum absolute atomic E-state index is 9.33. The van der Waals surface area contributed by atoms with E-state index >= 15 is 0 Å². The van der Waals surface area contributed by atoms with Crippen molar-refractivity contribution in [2.75, 3.05) is 14.1 Å². The van der Waals surface area contributed by atoms with Crippen molar-refractivity contribution in [1.29, 1.82) is 5.26 Å². The molecule has 0 saturated carbocycles. The van der Waals surface area contributed by atoms with Crippen molar-refractivity contribution in [3.05, 3.63) is 30.1 Å². The third kappa shape index (κ3) is 2.47. The van der Waals surface area contributed by atoms with Crippen molar-refractivity contribution < 1.29 is 0 Å². The zero-order valence-electron chi connectivity index (χ0n) is 12.0. The van der Waals surface area contributed by atoms with Gasteiger partial charge in [-0.25, -0.2) is 4.98 Å². The van der Waals surface area contributed by atoms with Crippen LogP contribution in [0, 0.1) is 17.2 Å². The number of hydrogen-bond acceptors (Lipinski definition) is 3. The molecule has 19 heavy (non-hydrogen) atoms. The van der Waals surface area contributed by atoms with Crippen LogP contribution in [0.1, 0.15) is 24.9 Å². The summed E-state index contributed by atoms with van der Waals surface area (Å²) in [6.45, 7) is 2.06. The van der Waals surface area contributed by atoms with Crippen molar-refractivity contribution in [3.63, 3.8) is 0 Å². The zero-order valence-corrected chi connectivity index (χ0v) is 12.0. The number of rotatable bonds is 4. The molecule has 1 aromatic heterocycles. The molecule has 0 saturated heterocycles. The van der Waals surface area contributed by atoms with Crippen molar-refractivity contribution in [2.45, 2.75) is 19.4 Å². The largest absolute Gasteiger partial charge is 0.334 e. The van der Waals surface area contributed by atoms with Gasteiger partial charge >= 0.3 is 0 Å². The number of fused-ring (bicyclic) bond motifs is 1. The summed E-state index contributed by atoms with van der Waals surface area (Å²) in [5.74, 6) is -0.00355. The van der Waals surface area contributed by atoms with E-state index in [1.165, 1.54) is 0 Å². The van der Waals surface area contributed by atoms with Crippen LogP contribution >= 0.6 is 0 Å². The van der Waals surface area contributed by atoms with E-state index in [1.54, 1.807) is 0 Å². The second-order valence-corrected chi connectivity index (χ2v) is 5.16. The minimum atomic E-state index is -0.00355. The summed E-state index contributed by atoms with van der Waals surface area (Å²) in [5.41, 5.74) is 3.26. The zero-order chi connectivity index (χ0) is 14.0. The molecule has 0 spiro atoms. The molecule has 4 nitrogen and oxygen atoms in total. The maximum atomic E-state index is 9.33. The number of aromatic nitrogens is 2. The van der Waals surface area contributed by atoms with Gasteiger partial charge in [0.15, 0.2) is 0 Å². The van der Waals surface area contributed by atoms with Crippen LogP contribution in [0.2, 0.25) is 0 Å². The van der Waals surface area contributed by atoms with E-state index in [1.807, 2.05) is 32.0 Å². The van der Waals surface area contributed by atoms with Gasteiger partial charge in [0, 0.05) is 7.05 Å². The molecule has 4 heteroatoms. The van der Waals surface area contributed by atoms with Crippen LogP contribution in [0.5, 0.6) is 0 Å². The van der Waals surface area contributed by atoms with Gasteiger partial charge in [-0.2, -0.15) is 5.26 Å². The first-order valence-electron chi connectivity index (χ1n) is 6.55. The van der Waals surface area contributed by atoms with E-state index < -0.39 is 0 Å². The van der Waals surface area contributed by atoms with E-state index in [-0.39, 0.29) is 12.0 Å². The SMILES string of the molecule is CCC(C#N)C(c1ccc2c(c1)ncn2C)N(C)C. The third-order valence-corrected chi connectivity index (χ3v) is 3.63. The van der Waals surface area contributed by atoms with Crippen LogP contribution in [0.25, 0.3) is 11.0 Å². The molecule has 0 aliphatic carbocycles. The number of benzene rings is 1. The van der Waals surface area contributed by atoms with Crippen LogP contribution < -0.4 is 0 Å². The van der Waals surface area contributed by atoms with Gasteiger partial charge < -0.3 is 9.47 Å². The van der Waals surface area contributed by atoms with Crippen molar-refractivity contribution in [3.8, 4) is 6.07 Å². The molecule has 0 aliphatic rings. The molecule has 2 unspecified atom stereocenters. The Balaban J connectivity index is 2.47. The predicted molar refractivity (Wildman–Crippen MR) is 76.5 cm³/mol. The summed E-state index contributed by atoms with van der Waals surface area (Å²) in [6.07, 6.45) is 2.67. The highest BCUT2D eigenvalue weighted by Gasteiger charge is 2.24. The van der Waals surface area contributed by atoms with Crippen molar-refractivity contribution in [1.82, 2.24) is 14.5 Å². The molecular weight excluding hydrogens is 236 g/mol. The number of aryl methyl sites for hydroxylation is 1. The average Bonchev–Trinajstić information content (AvgIpc) is 2.76. The summed E-state index contributed by atoms with van der Waals surface area (Å²) >= 11 is 0. The Hall–Kier alpha value is -1.86. The van der Waals surface area contributed by atoms with Crippen LogP contribution in [0.4, 0.5) is 0 Å². The molecule has 100 valence electrons. The Morgan fingerprint density at radius 1 is 1.42 bits per heavy atom. The number of nitriles is 1. The Bertz CT molecular complexity index is 606. The van der Waals surface area contributed by atoms with E-state index in [9.17, 15) is 5.26 Å². The topological polar surface area (TPSA) is 44.9 Å². The molecule has 1 aromatic carbocycles. The molecule has 0 N–H and O–H groups in total. The van der Waals surface area contributed by atoms with Gasteiger partial charge in [-0.15, -0.1) is 0 Å². The highest BCUT2D eigenvalue weighted by atomic mass is 15.1. The lowest BCUT2D eigenvalue weighted by atomic mass is 9.91. The fourth-order valence-corrected chi connectivity index (χ4v) is 2.61. The molecule has 0 fully saturated rings. The molecular formula is C15H20N4. The highest BCUT2D eigenvalue weighted by molar-refractivity contribution is 5.76. The Kier molecular flexibility index (Phi) is 3.87.